The number of fused-ring (bicyclic) bond motifs is 1. The zero-order chi connectivity index (χ0) is 9.48. The maximum Gasteiger partial charge on any atom is 0.312 e. The molecule has 0 heterocycles. The van der Waals surface area contributed by atoms with Gasteiger partial charge in [0.1, 0.15) is 0 Å². The molecule has 2 nitrogen and oxygen atoms in total. The zero-order valence-electron chi connectivity index (χ0n) is 8.52. The number of rotatable bonds is 1. The highest BCUT2D eigenvalue weighted by molar-refractivity contribution is 5.84. The third-order valence-corrected chi connectivity index (χ3v) is 5.74. The van der Waals surface area contributed by atoms with Crippen LogP contribution >= 0.6 is 0 Å². The lowest BCUT2D eigenvalue weighted by Crippen LogP contribution is -2.80. The Kier molecular flexibility index (Phi) is 1.00. The summed E-state index contributed by atoms with van der Waals surface area (Å²) in [6, 6.07) is 0. The second kappa shape index (κ2) is 1.67. The molecule has 0 unspecified atom stereocenters. The van der Waals surface area contributed by atoms with E-state index >= 15 is 0 Å². The fourth-order valence-electron chi connectivity index (χ4n) is 4.85. The van der Waals surface area contributed by atoms with Crippen molar-refractivity contribution < 1.29 is 9.53 Å². The summed E-state index contributed by atoms with van der Waals surface area (Å²) in [5.74, 6) is 0.693. The first-order valence-corrected chi connectivity index (χ1v) is 5.11. The van der Waals surface area contributed by atoms with Crippen molar-refractivity contribution in [1.82, 2.24) is 0 Å². The molecule has 2 heteroatoms. The van der Waals surface area contributed by atoms with Gasteiger partial charge in [-0.05, 0) is 36.0 Å². The smallest absolute Gasteiger partial charge is 0.312 e. The Labute approximate surface area is 78.6 Å². The molecule has 5 aliphatic carbocycles. The lowest BCUT2D eigenvalue weighted by molar-refractivity contribution is -0.337. The Balaban J connectivity index is 2.03. The molecule has 5 saturated carbocycles. The lowest BCUT2D eigenvalue weighted by Gasteiger charge is -2.80. The van der Waals surface area contributed by atoms with Crippen molar-refractivity contribution in [3.63, 3.8) is 0 Å². The Morgan fingerprint density at radius 1 is 1.46 bits per heavy atom. The lowest BCUT2D eigenvalue weighted by atomic mass is 9.22. The minimum absolute atomic E-state index is 0.0567. The predicted molar refractivity (Wildman–Crippen MR) is 48.0 cm³/mol. The minimum Gasteiger partial charge on any atom is -0.469 e. The summed E-state index contributed by atoms with van der Waals surface area (Å²) in [6.07, 6.45) is 3.54. The number of hydrogen-bond donors (Lipinski definition) is 0. The number of carbonyl (C=O) groups excluding carboxylic acids is 1. The van der Waals surface area contributed by atoms with E-state index in [0.29, 0.717) is 11.3 Å². The highest BCUT2D eigenvalue weighted by Crippen LogP contribution is 2.93. The van der Waals surface area contributed by atoms with Crippen molar-refractivity contribution in [1.29, 1.82) is 0 Å². The molecule has 4 atom stereocenters. The van der Waals surface area contributed by atoms with Gasteiger partial charge in [-0.15, -0.1) is 0 Å². The minimum atomic E-state index is -0.0590. The number of ether oxygens (including phenoxy) is 1. The monoisotopic (exact) mass is 180 g/mol. The SMILES string of the molecule is COC(=O)[C@@]12C[C@@]3(C)[C@H]1CC[C@]32C. The first kappa shape index (κ1) is 7.84. The topological polar surface area (TPSA) is 26.3 Å². The summed E-state index contributed by atoms with van der Waals surface area (Å²) in [5.41, 5.74) is 0.690. The molecular weight excluding hydrogens is 164 g/mol. The Bertz CT molecular complexity index is 311. The van der Waals surface area contributed by atoms with Gasteiger partial charge < -0.3 is 4.74 Å². The van der Waals surface area contributed by atoms with Crippen LogP contribution in [0.5, 0.6) is 0 Å². The fourth-order valence-corrected chi connectivity index (χ4v) is 4.85. The van der Waals surface area contributed by atoms with Crippen LogP contribution in [0.4, 0.5) is 0 Å². The Morgan fingerprint density at radius 3 is 2.54 bits per heavy atom. The number of hydrogen-bond acceptors (Lipinski definition) is 2. The molecule has 0 aliphatic heterocycles. The number of esters is 1. The average molecular weight is 180 g/mol. The van der Waals surface area contributed by atoms with E-state index in [1.165, 1.54) is 20.0 Å². The van der Waals surface area contributed by atoms with Crippen molar-refractivity contribution >= 4 is 5.97 Å². The zero-order valence-corrected chi connectivity index (χ0v) is 8.52. The van der Waals surface area contributed by atoms with E-state index in [4.69, 9.17) is 4.74 Å². The molecule has 0 spiro atoms. The molecule has 0 N–H and O–H groups in total. The highest BCUT2D eigenvalue weighted by Gasteiger charge is 2.92. The van der Waals surface area contributed by atoms with Gasteiger partial charge in [0.2, 0.25) is 0 Å². The second-order valence-electron chi connectivity index (χ2n) is 5.48. The molecule has 5 fully saturated rings. The van der Waals surface area contributed by atoms with Crippen LogP contribution in [0.1, 0.15) is 33.1 Å². The molecule has 0 saturated heterocycles. The van der Waals surface area contributed by atoms with Crippen LogP contribution in [0.15, 0.2) is 0 Å². The van der Waals surface area contributed by atoms with Crippen LogP contribution in [0, 0.1) is 22.2 Å². The molecule has 5 rings (SSSR count). The van der Waals surface area contributed by atoms with Crippen LogP contribution in [-0.2, 0) is 9.53 Å². The van der Waals surface area contributed by atoms with Crippen LogP contribution in [0.25, 0.3) is 0 Å². The summed E-state index contributed by atoms with van der Waals surface area (Å²) >= 11 is 0. The largest absolute Gasteiger partial charge is 0.469 e. The third-order valence-electron chi connectivity index (χ3n) is 5.74. The van der Waals surface area contributed by atoms with Gasteiger partial charge in [0.25, 0.3) is 0 Å². The van der Waals surface area contributed by atoms with Crippen molar-refractivity contribution in [2.24, 2.45) is 22.2 Å². The van der Waals surface area contributed by atoms with Crippen molar-refractivity contribution in [3.8, 4) is 0 Å². The van der Waals surface area contributed by atoms with Gasteiger partial charge in [0, 0.05) is 0 Å². The standard InChI is InChI=1S/C11H16O2/c1-9-6-11(8(12)13-3)7(9)4-5-10(9,11)2/h7H,4-6H2,1-3H3/t7-,9+,10-,11-/m1/s1. The van der Waals surface area contributed by atoms with Crippen molar-refractivity contribution in [3.05, 3.63) is 0 Å². The van der Waals surface area contributed by atoms with Crippen LogP contribution in [-0.4, -0.2) is 13.1 Å². The summed E-state index contributed by atoms with van der Waals surface area (Å²) in [5, 5.41) is 0. The van der Waals surface area contributed by atoms with E-state index in [1.807, 2.05) is 0 Å². The molecule has 0 aromatic carbocycles. The average Bonchev–Trinajstić information content (AvgIpc) is 2.48. The van der Waals surface area contributed by atoms with E-state index in [2.05, 4.69) is 13.8 Å². The third kappa shape index (κ3) is 0.420. The van der Waals surface area contributed by atoms with E-state index in [-0.39, 0.29) is 16.8 Å². The van der Waals surface area contributed by atoms with E-state index < -0.39 is 0 Å². The molecule has 0 amide bonds. The maximum absolute atomic E-state index is 11.7. The fraction of sp³-hybridized carbons (Fsp3) is 0.909. The van der Waals surface area contributed by atoms with Gasteiger partial charge in [0.05, 0.1) is 12.5 Å². The first-order valence-electron chi connectivity index (χ1n) is 5.11. The Hall–Kier alpha value is -0.530. The number of carbonyl (C=O) groups is 1. The van der Waals surface area contributed by atoms with Gasteiger partial charge in [-0.1, -0.05) is 13.8 Å². The molecule has 4 bridgehead atoms. The van der Waals surface area contributed by atoms with Crippen molar-refractivity contribution in [2.75, 3.05) is 7.11 Å². The number of methoxy groups -OCH3 is 1. The first-order chi connectivity index (χ1) is 6.03. The second-order valence-corrected chi connectivity index (χ2v) is 5.48. The van der Waals surface area contributed by atoms with Gasteiger partial charge in [-0.25, -0.2) is 0 Å². The molecule has 0 aromatic rings. The summed E-state index contributed by atoms with van der Waals surface area (Å²) in [7, 11) is 1.52. The molecule has 0 aromatic heterocycles. The predicted octanol–water partition coefficient (Wildman–Crippen LogP) is 1.99. The normalized spacial score (nSPS) is 61.0. The highest BCUT2D eigenvalue weighted by atomic mass is 16.5. The van der Waals surface area contributed by atoms with E-state index in [1.54, 1.807) is 0 Å². The van der Waals surface area contributed by atoms with Crippen LogP contribution in [0.2, 0.25) is 0 Å². The summed E-state index contributed by atoms with van der Waals surface area (Å²) < 4.78 is 4.95. The van der Waals surface area contributed by atoms with Crippen molar-refractivity contribution in [2.45, 2.75) is 33.1 Å². The van der Waals surface area contributed by atoms with Gasteiger partial charge in [-0.2, -0.15) is 0 Å². The van der Waals surface area contributed by atoms with E-state index in [9.17, 15) is 4.79 Å². The van der Waals surface area contributed by atoms with Crippen LogP contribution in [0.3, 0.4) is 0 Å². The Morgan fingerprint density at radius 2 is 2.15 bits per heavy atom. The molecule has 13 heavy (non-hydrogen) atoms. The molecule has 5 aliphatic rings. The van der Waals surface area contributed by atoms with Gasteiger partial charge in [-0.3, -0.25) is 4.79 Å². The summed E-state index contributed by atoms with van der Waals surface area (Å²) in [6.45, 7) is 4.62. The van der Waals surface area contributed by atoms with Crippen LogP contribution < -0.4 is 0 Å². The quantitative estimate of drug-likeness (QED) is 0.577. The maximum atomic E-state index is 11.7. The van der Waals surface area contributed by atoms with Gasteiger partial charge >= 0.3 is 5.97 Å². The molecule has 72 valence electrons. The van der Waals surface area contributed by atoms with Gasteiger partial charge in [0.15, 0.2) is 0 Å². The molecular formula is C11H16O2. The summed E-state index contributed by atoms with van der Waals surface area (Å²) in [4.78, 5) is 11.7. The molecule has 0 radical (unpaired) electrons. The van der Waals surface area contributed by atoms with E-state index in [0.717, 1.165) is 6.42 Å².